The van der Waals surface area contributed by atoms with Gasteiger partial charge in [-0.15, -0.1) is 11.8 Å². The monoisotopic (exact) mass is 273 g/mol. The van der Waals surface area contributed by atoms with Crippen LogP contribution in [0.25, 0.3) is 0 Å². The van der Waals surface area contributed by atoms with Crippen LogP contribution in [0.1, 0.15) is 11.1 Å². The number of aryl methyl sites for hydroxylation is 1. The SMILES string of the molecule is Cc1cccc(CN)c1OCCSc1ccccc1. The largest absolute Gasteiger partial charge is 0.492 e. The number of thioether (sulfide) groups is 1. The second kappa shape index (κ2) is 7.22. The van der Waals surface area contributed by atoms with Crippen molar-refractivity contribution in [3.63, 3.8) is 0 Å². The van der Waals surface area contributed by atoms with Crippen molar-refractivity contribution >= 4 is 11.8 Å². The van der Waals surface area contributed by atoms with Crippen LogP contribution in [0.2, 0.25) is 0 Å². The highest BCUT2D eigenvalue weighted by Crippen LogP contribution is 2.24. The highest BCUT2D eigenvalue weighted by atomic mass is 32.2. The first-order chi connectivity index (χ1) is 9.31. The topological polar surface area (TPSA) is 35.2 Å². The summed E-state index contributed by atoms with van der Waals surface area (Å²) in [6.07, 6.45) is 0. The first-order valence-electron chi connectivity index (χ1n) is 6.40. The van der Waals surface area contributed by atoms with E-state index in [1.165, 1.54) is 4.90 Å². The number of hydrogen-bond acceptors (Lipinski definition) is 3. The van der Waals surface area contributed by atoms with Gasteiger partial charge in [0.25, 0.3) is 0 Å². The van der Waals surface area contributed by atoms with Gasteiger partial charge in [-0.05, 0) is 24.6 Å². The predicted molar refractivity (Wildman–Crippen MR) is 81.7 cm³/mol. The molecule has 100 valence electrons. The Morgan fingerprint density at radius 3 is 2.58 bits per heavy atom. The zero-order chi connectivity index (χ0) is 13.5. The fraction of sp³-hybridized carbons (Fsp3) is 0.250. The number of hydrogen-bond donors (Lipinski definition) is 1. The Bertz CT molecular complexity index is 513. The maximum atomic E-state index is 5.88. The number of nitrogens with two attached hydrogens (primary N) is 1. The van der Waals surface area contributed by atoms with E-state index in [1.54, 1.807) is 11.8 Å². The first kappa shape index (κ1) is 14.0. The Morgan fingerprint density at radius 1 is 1.05 bits per heavy atom. The van der Waals surface area contributed by atoms with Crippen LogP contribution in [0, 0.1) is 6.92 Å². The number of benzene rings is 2. The van der Waals surface area contributed by atoms with Crippen LogP contribution in [0.15, 0.2) is 53.4 Å². The highest BCUT2D eigenvalue weighted by Gasteiger charge is 2.05. The Morgan fingerprint density at radius 2 is 1.84 bits per heavy atom. The molecule has 0 saturated heterocycles. The van der Waals surface area contributed by atoms with E-state index >= 15 is 0 Å². The molecule has 0 radical (unpaired) electrons. The molecule has 0 spiro atoms. The van der Waals surface area contributed by atoms with E-state index in [0.717, 1.165) is 22.6 Å². The van der Waals surface area contributed by atoms with Gasteiger partial charge in [0.2, 0.25) is 0 Å². The van der Waals surface area contributed by atoms with E-state index in [9.17, 15) is 0 Å². The molecular weight excluding hydrogens is 254 g/mol. The Balaban J connectivity index is 1.86. The average molecular weight is 273 g/mol. The summed E-state index contributed by atoms with van der Waals surface area (Å²) >= 11 is 1.80. The average Bonchev–Trinajstić information content (AvgIpc) is 2.46. The molecule has 2 nitrogen and oxygen atoms in total. The Labute approximate surface area is 119 Å². The molecule has 0 bridgehead atoms. The molecule has 0 heterocycles. The van der Waals surface area contributed by atoms with Crippen LogP contribution in [0.4, 0.5) is 0 Å². The summed E-state index contributed by atoms with van der Waals surface area (Å²) in [7, 11) is 0. The number of para-hydroxylation sites is 1. The summed E-state index contributed by atoms with van der Waals surface area (Å²) in [5.74, 6) is 1.88. The molecule has 0 amide bonds. The maximum absolute atomic E-state index is 5.88. The molecule has 3 heteroatoms. The lowest BCUT2D eigenvalue weighted by Crippen LogP contribution is -2.06. The van der Waals surface area contributed by atoms with E-state index in [2.05, 4.69) is 37.3 Å². The van der Waals surface area contributed by atoms with Gasteiger partial charge in [0, 0.05) is 22.8 Å². The minimum atomic E-state index is 0.517. The number of rotatable bonds is 6. The van der Waals surface area contributed by atoms with Crippen molar-refractivity contribution in [2.45, 2.75) is 18.4 Å². The van der Waals surface area contributed by atoms with Crippen molar-refractivity contribution < 1.29 is 4.74 Å². The van der Waals surface area contributed by atoms with Crippen molar-refractivity contribution in [1.82, 2.24) is 0 Å². The molecule has 0 fully saturated rings. The lowest BCUT2D eigenvalue weighted by Gasteiger charge is -2.12. The molecule has 0 atom stereocenters. The lowest BCUT2D eigenvalue weighted by atomic mass is 10.1. The van der Waals surface area contributed by atoms with Gasteiger partial charge in [-0.3, -0.25) is 0 Å². The van der Waals surface area contributed by atoms with Crippen LogP contribution in [-0.2, 0) is 6.54 Å². The third kappa shape index (κ3) is 4.01. The molecule has 2 aromatic rings. The van der Waals surface area contributed by atoms with Crippen molar-refractivity contribution in [2.75, 3.05) is 12.4 Å². The van der Waals surface area contributed by atoms with Gasteiger partial charge in [0.1, 0.15) is 5.75 Å². The molecule has 0 aliphatic carbocycles. The normalized spacial score (nSPS) is 10.4. The Kier molecular flexibility index (Phi) is 5.31. The lowest BCUT2D eigenvalue weighted by molar-refractivity contribution is 0.338. The first-order valence-corrected chi connectivity index (χ1v) is 7.39. The van der Waals surface area contributed by atoms with E-state index in [-0.39, 0.29) is 0 Å². The summed E-state index contributed by atoms with van der Waals surface area (Å²) in [6.45, 7) is 3.26. The van der Waals surface area contributed by atoms with Crippen molar-refractivity contribution in [2.24, 2.45) is 5.73 Å². The zero-order valence-corrected chi connectivity index (χ0v) is 12.0. The molecule has 19 heavy (non-hydrogen) atoms. The summed E-state index contributed by atoms with van der Waals surface area (Å²) in [4.78, 5) is 1.27. The van der Waals surface area contributed by atoms with Crippen LogP contribution >= 0.6 is 11.8 Å². The minimum absolute atomic E-state index is 0.517. The Hall–Kier alpha value is -1.45. The maximum Gasteiger partial charge on any atom is 0.126 e. The van der Waals surface area contributed by atoms with Gasteiger partial charge in [-0.25, -0.2) is 0 Å². The molecule has 0 aliphatic rings. The predicted octanol–water partition coefficient (Wildman–Crippen LogP) is 3.62. The molecule has 0 unspecified atom stereocenters. The molecule has 0 aliphatic heterocycles. The van der Waals surface area contributed by atoms with Gasteiger partial charge in [-0.1, -0.05) is 36.4 Å². The van der Waals surface area contributed by atoms with Crippen LogP contribution in [0.3, 0.4) is 0 Å². The molecule has 2 rings (SSSR count). The third-order valence-corrected chi connectivity index (χ3v) is 3.83. The van der Waals surface area contributed by atoms with E-state index in [1.807, 2.05) is 18.2 Å². The van der Waals surface area contributed by atoms with Crippen LogP contribution < -0.4 is 10.5 Å². The van der Waals surface area contributed by atoms with Gasteiger partial charge < -0.3 is 10.5 Å². The van der Waals surface area contributed by atoms with E-state index in [0.29, 0.717) is 13.2 Å². The van der Waals surface area contributed by atoms with Gasteiger partial charge in [0.15, 0.2) is 0 Å². The summed E-state index contributed by atoms with van der Waals surface area (Å²) in [5.41, 5.74) is 7.95. The zero-order valence-electron chi connectivity index (χ0n) is 11.1. The molecule has 2 N–H and O–H groups in total. The highest BCUT2D eigenvalue weighted by molar-refractivity contribution is 7.99. The number of ether oxygens (including phenoxy) is 1. The second-order valence-electron chi connectivity index (χ2n) is 4.28. The summed E-state index contributed by atoms with van der Waals surface area (Å²) in [6, 6.07) is 16.5. The van der Waals surface area contributed by atoms with Crippen molar-refractivity contribution in [1.29, 1.82) is 0 Å². The standard InChI is InChI=1S/C16H19NOS/c1-13-6-5-7-14(12-17)16(13)18-10-11-19-15-8-3-2-4-9-15/h2-9H,10-12,17H2,1H3. The fourth-order valence-electron chi connectivity index (χ4n) is 1.90. The van der Waals surface area contributed by atoms with Crippen molar-refractivity contribution in [3.05, 3.63) is 59.7 Å². The summed E-state index contributed by atoms with van der Waals surface area (Å²) < 4.78 is 5.88. The summed E-state index contributed by atoms with van der Waals surface area (Å²) in [5, 5.41) is 0. The van der Waals surface area contributed by atoms with E-state index in [4.69, 9.17) is 10.5 Å². The molecule has 2 aromatic carbocycles. The van der Waals surface area contributed by atoms with E-state index < -0.39 is 0 Å². The molecule has 0 aromatic heterocycles. The van der Waals surface area contributed by atoms with Gasteiger partial charge >= 0.3 is 0 Å². The van der Waals surface area contributed by atoms with Crippen LogP contribution in [0.5, 0.6) is 5.75 Å². The third-order valence-electron chi connectivity index (χ3n) is 2.86. The smallest absolute Gasteiger partial charge is 0.126 e. The quantitative estimate of drug-likeness (QED) is 0.645. The molecular formula is C16H19NOS. The fourth-order valence-corrected chi connectivity index (χ4v) is 2.65. The minimum Gasteiger partial charge on any atom is -0.492 e. The molecule has 0 saturated carbocycles. The van der Waals surface area contributed by atoms with Crippen molar-refractivity contribution in [3.8, 4) is 5.75 Å². The van der Waals surface area contributed by atoms with Crippen LogP contribution in [-0.4, -0.2) is 12.4 Å². The van der Waals surface area contributed by atoms with Gasteiger partial charge in [-0.2, -0.15) is 0 Å². The van der Waals surface area contributed by atoms with Gasteiger partial charge in [0.05, 0.1) is 6.61 Å². The second-order valence-corrected chi connectivity index (χ2v) is 5.45.